The Kier molecular flexibility index (Phi) is 7.70. The SMILES string of the molecule is C=CCOc1ccc(CN(C)C(C)C(=O)Nc2cc(Cl)ccc2OC)cc1. The van der Waals surface area contributed by atoms with E-state index >= 15 is 0 Å². The summed E-state index contributed by atoms with van der Waals surface area (Å²) in [6, 6.07) is 12.6. The normalized spacial score (nSPS) is 11.7. The van der Waals surface area contributed by atoms with Gasteiger partial charge in [0.25, 0.3) is 0 Å². The van der Waals surface area contributed by atoms with E-state index in [1.165, 1.54) is 0 Å². The second-order valence-corrected chi connectivity index (χ2v) is 6.61. The largest absolute Gasteiger partial charge is 0.495 e. The quantitative estimate of drug-likeness (QED) is 0.648. The predicted octanol–water partition coefficient (Wildman–Crippen LogP) is 4.37. The van der Waals surface area contributed by atoms with Gasteiger partial charge in [0.2, 0.25) is 5.91 Å². The molecule has 1 unspecified atom stereocenters. The molecule has 0 spiro atoms. The van der Waals surface area contributed by atoms with Gasteiger partial charge in [-0.3, -0.25) is 9.69 Å². The molecule has 0 aliphatic carbocycles. The minimum atomic E-state index is -0.342. The first-order chi connectivity index (χ1) is 12.9. The highest BCUT2D eigenvalue weighted by atomic mass is 35.5. The van der Waals surface area contributed by atoms with Crippen molar-refractivity contribution in [1.82, 2.24) is 4.90 Å². The first-order valence-electron chi connectivity index (χ1n) is 8.62. The van der Waals surface area contributed by atoms with E-state index in [0.717, 1.165) is 11.3 Å². The molecule has 0 fully saturated rings. The molecular weight excluding hydrogens is 364 g/mol. The van der Waals surface area contributed by atoms with E-state index in [2.05, 4.69) is 11.9 Å². The fraction of sp³-hybridized carbons (Fsp3) is 0.286. The van der Waals surface area contributed by atoms with Crippen molar-refractivity contribution in [3.63, 3.8) is 0 Å². The van der Waals surface area contributed by atoms with Crippen LogP contribution in [-0.4, -0.2) is 37.6 Å². The van der Waals surface area contributed by atoms with Crippen LogP contribution in [0.1, 0.15) is 12.5 Å². The summed E-state index contributed by atoms with van der Waals surface area (Å²) in [6.45, 7) is 6.59. The summed E-state index contributed by atoms with van der Waals surface area (Å²) in [5.74, 6) is 1.22. The summed E-state index contributed by atoms with van der Waals surface area (Å²) in [7, 11) is 3.46. The van der Waals surface area contributed by atoms with Crippen LogP contribution in [0, 0.1) is 0 Å². The molecule has 0 heterocycles. The summed E-state index contributed by atoms with van der Waals surface area (Å²) in [4.78, 5) is 14.6. The van der Waals surface area contributed by atoms with Crippen LogP contribution in [-0.2, 0) is 11.3 Å². The first kappa shape index (κ1) is 20.8. The summed E-state index contributed by atoms with van der Waals surface area (Å²) in [6.07, 6.45) is 1.71. The number of hydrogen-bond donors (Lipinski definition) is 1. The number of halogens is 1. The monoisotopic (exact) mass is 388 g/mol. The van der Waals surface area contributed by atoms with E-state index in [1.54, 1.807) is 31.4 Å². The Morgan fingerprint density at radius 2 is 2.00 bits per heavy atom. The summed E-state index contributed by atoms with van der Waals surface area (Å²) in [5.41, 5.74) is 1.64. The zero-order chi connectivity index (χ0) is 19.8. The van der Waals surface area contributed by atoms with E-state index in [4.69, 9.17) is 21.1 Å². The van der Waals surface area contributed by atoms with Crippen molar-refractivity contribution in [2.24, 2.45) is 0 Å². The molecule has 0 aliphatic rings. The van der Waals surface area contributed by atoms with E-state index in [-0.39, 0.29) is 11.9 Å². The molecule has 5 nitrogen and oxygen atoms in total. The standard InChI is InChI=1S/C21H25ClN2O3/c1-5-12-27-18-9-6-16(7-10-18)14-24(3)15(2)21(25)23-19-13-17(22)8-11-20(19)26-4/h5-11,13,15H,1,12,14H2,2-4H3,(H,23,25). The van der Waals surface area contributed by atoms with E-state index in [0.29, 0.717) is 29.6 Å². The lowest BCUT2D eigenvalue weighted by atomic mass is 10.1. The van der Waals surface area contributed by atoms with Gasteiger partial charge in [-0.25, -0.2) is 0 Å². The van der Waals surface area contributed by atoms with Gasteiger partial charge in [0.1, 0.15) is 18.1 Å². The molecule has 1 atom stereocenters. The van der Waals surface area contributed by atoms with Gasteiger partial charge in [0.05, 0.1) is 18.8 Å². The number of ether oxygens (including phenoxy) is 2. The van der Waals surface area contributed by atoms with Crippen molar-refractivity contribution in [2.45, 2.75) is 19.5 Å². The molecule has 27 heavy (non-hydrogen) atoms. The van der Waals surface area contributed by atoms with Crippen LogP contribution in [0.2, 0.25) is 5.02 Å². The van der Waals surface area contributed by atoms with Crippen molar-refractivity contribution in [3.05, 3.63) is 65.7 Å². The number of nitrogens with zero attached hydrogens (tertiary/aromatic N) is 1. The molecule has 0 aliphatic heterocycles. The Labute approximate surface area is 165 Å². The van der Waals surface area contributed by atoms with Crippen molar-refractivity contribution >= 4 is 23.2 Å². The van der Waals surface area contributed by atoms with Crippen LogP contribution in [0.25, 0.3) is 0 Å². The molecule has 6 heteroatoms. The highest BCUT2D eigenvalue weighted by Gasteiger charge is 2.19. The van der Waals surface area contributed by atoms with E-state index in [9.17, 15) is 4.79 Å². The molecule has 0 saturated carbocycles. The van der Waals surface area contributed by atoms with Gasteiger partial charge >= 0.3 is 0 Å². The average Bonchev–Trinajstić information content (AvgIpc) is 2.67. The van der Waals surface area contributed by atoms with Crippen LogP contribution in [0.5, 0.6) is 11.5 Å². The van der Waals surface area contributed by atoms with Crippen LogP contribution >= 0.6 is 11.6 Å². The second-order valence-electron chi connectivity index (χ2n) is 6.17. The molecule has 144 valence electrons. The van der Waals surface area contributed by atoms with Gasteiger partial charge in [-0.05, 0) is 49.9 Å². The van der Waals surface area contributed by atoms with Gasteiger partial charge in [0, 0.05) is 11.6 Å². The number of amides is 1. The number of hydrogen-bond acceptors (Lipinski definition) is 4. The number of anilines is 1. The van der Waals surface area contributed by atoms with E-state index < -0.39 is 0 Å². The third kappa shape index (κ3) is 6.01. The van der Waals surface area contributed by atoms with Gasteiger partial charge in [-0.15, -0.1) is 0 Å². The zero-order valence-electron chi connectivity index (χ0n) is 15.9. The van der Waals surface area contributed by atoms with Crippen molar-refractivity contribution in [2.75, 3.05) is 26.1 Å². The smallest absolute Gasteiger partial charge is 0.241 e. The van der Waals surface area contributed by atoms with Gasteiger partial charge < -0.3 is 14.8 Å². The molecule has 2 aromatic rings. The zero-order valence-corrected chi connectivity index (χ0v) is 16.6. The Bertz CT molecular complexity index is 777. The fourth-order valence-electron chi connectivity index (χ4n) is 2.49. The fourth-order valence-corrected chi connectivity index (χ4v) is 2.66. The third-order valence-electron chi connectivity index (χ3n) is 4.18. The summed E-state index contributed by atoms with van der Waals surface area (Å²) in [5, 5.41) is 3.41. The first-order valence-corrected chi connectivity index (χ1v) is 8.99. The molecule has 1 N–H and O–H groups in total. The predicted molar refractivity (Wildman–Crippen MR) is 110 cm³/mol. The minimum absolute atomic E-state index is 0.135. The van der Waals surface area contributed by atoms with Crippen molar-refractivity contribution < 1.29 is 14.3 Å². The van der Waals surface area contributed by atoms with Gasteiger partial charge in [-0.2, -0.15) is 0 Å². The van der Waals surface area contributed by atoms with Gasteiger partial charge in [0.15, 0.2) is 0 Å². The molecule has 0 aromatic heterocycles. The maximum Gasteiger partial charge on any atom is 0.241 e. The molecule has 0 radical (unpaired) electrons. The maximum atomic E-state index is 12.6. The van der Waals surface area contributed by atoms with Gasteiger partial charge in [-0.1, -0.05) is 36.4 Å². The minimum Gasteiger partial charge on any atom is -0.495 e. The van der Waals surface area contributed by atoms with E-state index in [1.807, 2.05) is 43.1 Å². The summed E-state index contributed by atoms with van der Waals surface area (Å²) >= 11 is 6.02. The Morgan fingerprint density at radius 1 is 1.30 bits per heavy atom. The number of methoxy groups -OCH3 is 1. The molecule has 1 amide bonds. The number of nitrogens with one attached hydrogen (secondary N) is 1. The highest BCUT2D eigenvalue weighted by molar-refractivity contribution is 6.31. The number of carbonyl (C=O) groups excluding carboxylic acids is 1. The van der Waals surface area contributed by atoms with Crippen LogP contribution < -0.4 is 14.8 Å². The Hall–Kier alpha value is -2.50. The molecule has 0 bridgehead atoms. The molecule has 2 aromatic carbocycles. The van der Waals surface area contributed by atoms with Crippen molar-refractivity contribution in [3.8, 4) is 11.5 Å². The third-order valence-corrected chi connectivity index (χ3v) is 4.42. The number of carbonyl (C=O) groups is 1. The lowest BCUT2D eigenvalue weighted by Gasteiger charge is -2.24. The molecule has 0 saturated heterocycles. The second kappa shape index (κ2) is 10.00. The number of likely N-dealkylation sites (N-methyl/N-ethyl adjacent to an activating group) is 1. The number of rotatable bonds is 9. The Morgan fingerprint density at radius 3 is 2.63 bits per heavy atom. The Balaban J connectivity index is 1.97. The lowest BCUT2D eigenvalue weighted by molar-refractivity contribution is -0.120. The lowest BCUT2D eigenvalue weighted by Crippen LogP contribution is -2.39. The maximum absolute atomic E-state index is 12.6. The van der Waals surface area contributed by atoms with Crippen molar-refractivity contribution in [1.29, 1.82) is 0 Å². The summed E-state index contributed by atoms with van der Waals surface area (Å²) < 4.78 is 10.8. The van der Waals surface area contributed by atoms with Crippen LogP contribution in [0.4, 0.5) is 5.69 Å². The topological polar surface area (TPSA) is 50.8 Å². The number of benzene rings is 2. The molecule has 2 rings (SSSR count). The van der Waals surface area contributed by atoms with Crippen LogP contribution in [0.3, 0.4) is 0 Å². The average molecular weight is 389 g/mol. The highest BCUT2D eigenvalue weighted by Crippen LogP contribution is 2.28. The van der Waals surface area contributed by atoms with Crippen LogP contribution in [0.15, 0.2) is 55.1 Å². The molecular formula is C21H25ClN2O3.